The third kappa shape index (κ3) is 4.92. The van der Waals surface area contributed by atoms with Crippen molar-refractivity contribution in [2.75, 3.05) is 19.6 Å². The van der Waals surface area contributed by atoms with E-state index in [9.17, 15) is 13.2 Å². The Kier molecular flexibility index (Phi) is 6.78. The maximum Gasteiger partial charge on any atom is 0.253 e. The van der Waals surface area contributed by atoms with Gasteiger partial charge in [0.05, 0.1) is 23.5 Å². The molecule has 2 unspecified atom stereocenters. The predicted octanol–water partition coefficient (Wildman–Crippen LogP) is 3.76. The smallest absolute Gasteiger partial charge is 0.253 e. The normalized spacial score (nSPS) is 22.6. The Morgan fingerprint density at radius 3 is 2.54 bits per heavy atom. The van der Waals surface area contributed by atoms with Gasteiger partial charge in [0.25, 0.3) is 5.91 Å². The fourth-order valence-corrected chi connectivity index (χ4v) is 6.56. The van der Waals surface area contributed by atoms with Crippen LogP contribution >= 0.6 is 11.6 Å². The van der Waals surface area contributed by atoms with Crippen molar-refractivity contribution >= 4 is 38.3 Å². The molecule has 5 rings (SSSR count). The fourth-order valence-electron chi connectivity index (χ4n) is 4.88. The van der Waals surface area contributed by atoms with E-state index in [0.29, 0.717) is 5.02 Å². The van der Waals surface area contributed by atoms with Crippen LogP contribution in [0.15, 0.2) is 65.8 Å². The summed E-state index contributed by atoms with van der Waals surface area (Å²) < 4.78 is 28.1. The fraction of sp³-hybridized carbons (Fsp3) is 0.360. The highest BCUT2D eigenvalue weighted by Gasteiger charge is 2.38. The standard InChI is InChI=1S/C25H28ClN5O3S/c1-18-16-29(35(33,34)23-8-6-20-14-22(26)7-5-21(20)15-23)17-25(32)31(18)28-30-13-3-2-4-24(30)19-9-11-27-12-10-19/h5-12,14-15,18,24,28H,2-4,13,16-17H2,1H3. The quantitative estimate of drug-likeness (QED) is 0.559. The summed E-state index contributed by atoms with van der Waals surface area (Å²) in [7, 11) is -3.84. The molecule has 0 bridgehead atoms. The molecule has 35 heavy (non-hydrogen) atoms. The molecular formula is C25H28ClN5O3S. The summed E-state index contributed by atoms with van der Waals surface area (Å²) in [5.41, 5.74) is 4.45. The van der Waals surface area contributed by atoms with Gasteiger partial charge in [-0.2, -0.15) is 9.84 Å². The van der Waals surface area contributed by atoms with Gasteiger partial charge < -0.3 is 0 Å². The van der Waals surface area contributed by atoms with Crippen LogP contribution in [0.4, 0.5) is 0 Å². The Morgan fingerprint density at radius 2 is 1.77 bits per heavy atom. The van der Waals surface area contributed by atoms with E-state index in [2.05, 4.69) is 15.5 Å². The zero-order valence-corrected chi connectivity index (χ0v) is 21.0. The van der Waals surface area contributed by atoms with Crippen molar-refractivity contribution in [3.63, 3.8) is 0 Å². The first kappa shape index (κ1) is 24.1. The number of nitrogens with zero attached hydrogens (tertiary/aromatic N) is 4. The molecule has 1 aromatic heterocycles. The SMILES string of the molecule is CC1CN(S(=O)(=O)c2ccc3cc(Cl)ccc3c2)CC(=O)N1NN1CCCCC1c1ccncc1. The van der Waals surface area contributed by atoms with Crippen molar-refractivity contribution in [3.05, 3.63) is 71.5 Å². The second-order valence-electron chi connectivity index (χ2n) is 9.15. The van der Waals surface area contributed by atoms with Crippen molar-refractivity contribution in [1.29, 1.82) is 0 Å². The molecule has 0 radical (unpaired) electrons. The average molecular weight is 514 g/mol. The van der Waals surface area contributed by atoms with E-state index in [0.717, 1.165) is 42.1 Å². The molecule has 0 spiro atoms. The zero-order valence-electron chi connectivity index (χ0n) is 19.5. The van der Waals surface area contributed by atoms with Crippen molar-refractivity contribution in [2.24, 2.45) is 0 Å². The van der Waals surface area contributed by atoms with E-state index in [1.807, 2.05) is 19.1 Å². The second kappa shape index (κ2) is 9.83. The number of nitrogens with one attached hydrogen (secondary N) is 1. The van der Waals surface area contributed by atoms with Crippen molar-refractivity contribution in [2.45, 2.75) is 43.2 Å². The van der Waals surface area contributed by atoms with Crippen LogP contribution in [-0.4, -0.2) is 59.3 Å². The van der Waals surface area contributed by atoms with Crippen molar-refractivity contribution < 1.29 is 13.2 Å². The third-order valence-electron chi connectivity index (χ3n) is 6.73. The highest BCUT2D eigenvalue weighted by atomic mass is 35.5. The molecular weight excluding hydrogens is 486 g/mol. The van der Waals surface area contributed by atoms with Gasteiger partial charge in [-0.05, 0) is 72.5 Å². The summed E-state index contributed by atoms with van der Waals surface area (Å²) in [4.78, 5) is 17.4. The summed E-state index contributed by atoms with van der Waals surface area (Å²) in [6.45, 7) is 2.65. The number of carbonyl (C=O) groups excluding carboxylic acids is 1. The van der Waals surface area contributed by atoms with Crippen LogP contribution < -0.4 is 5.53 Å². The van der Waals surface area contributed by atoms with Crippen LogP contribution in [0.1, 0.15) is 37.8 Å². The Hall–Kier alpha value is -2.56. The van der Waals surface area contributed by atoms with E-state index in [1.165, 1.54) is 4.31 Å². The predicted molar refractivity (Wildman–Crippen MR) is 135 cm³/mol. The molecule has 2 saturated heterocycles. The number of hydrazine groups is 2. The molecule has 2 aliphatic heterocycles. The molecule has 2 aliphatic rings. The number of fused-ring (bicyclic) bond motifs is 1. The Labute approximate surface area is 210 Å². The van der Waals surface area contributed by atoms with Gasteiger partial charge in [0, 0.05) is 30.5 Å². The van der Waals surface area contributed by atoms with Gasteiger partial charge >= 0.3 is 0 Å². The van der Waals surface area contributed by atoms with Crippen molar-refractivity contribution in [1.82, 2.24) is 24.8 Å². The Balaban J connectivity index is 1.32. The number of piperidine rings is 1. The summed E-state index contributed by atoms with van der Waals surface area (Å²) in [6, 6.07) is 14.0. The second-order valence-corrected chi connectivity index (χ2v) is 11.5. The molecule has 8 nitrogen and oxygen atoms in total. The zero-order chi connectivity index (χ0) is 24.6. The lowest BCUT2D eigenvalue weighted by atomic mass is 9.98. The summed E-state index contributed by atoms with van der Waals surface area (Å²) in [6.07, 6.45) is 6.67. The first-order chi connectivity index (χ1) is 16.8. The number of benzene rings is 2. The number of hydrogen-bond acceptors (Lipinski definition) is 6. The van der Waals surface area contributed by atoms with Gasteiger partial charge in [-0.15, -0.1) is 0 Å². The van der Waals surface area contributed by atoms with Crippen LogP contribution in [-0.2, 0) is 14.8 Å². The van der Waals surface area contributed by atoms with E-state index in [-0.39, 0.29) is 36.0 Å². The van der Waals surface area contributed by atoms with E-state index < -0.39 is 10.0 Å². The first-order valence-corrected chi connectivity index (χ1v) is 13.6. The third-order valence-corrected chi connectivity index (χ3v) is 8.77. The minimum absolute atomic E-state index is 0.125. The molecule has 2 fully saturated rings. The number of sulfonamides is 1. The lowest BCUT2D eigenvalue weighted by Gasteiger charge is -2.44. The summed E-state index contributed by atoms with van der Waals surface area (Å²) in [5.74, 6) is -0.279. The number of piperazine rings is 1. The molecule has 1 N–H and O–H groups in total. The maximum atomic E-state index is 13.4. The number of hydrogen-bond donors (Lipinski definition) is 1. The molecule has 3 aromatic rings. The molecule has 2 atom stereocenters. The molecule has 1 amide bonds. The Morgan fingerprint density at radius 1 is 1.03 bits per heavy atom. The van der Waals surface area contributed by atoms with Gasteiger partial charge in [-0.25, -0.2) is 13.4 Å². The molecule has 184 valence electrons. The van der Waals surface area contributed by atoms with Gasteiger partial charge in [-0.3, -0.25) is 14.8 Å². The number of amides is 1. The molecule has 3 heterocycles. The highest BCUT2D eigenvalue weighted by Crippen LogP contribution is 2.30. The number of halogens is 1. The van der Waals surface area contributed by atoms with E-state index in [1.54, 1.807) is 53.8 Å². The average Bonchev–Trinajstić information content (AvgIpc) is 2.86. The molecule has 0 saturated carbocycles. The lowest BCUT2D eigenvalue weighted by Crippen LogP contribution is -2.65. The van der Waals surface area contributed by atoms with Crippen LogP contribution in [0, 0.1) is 0 Å². The highest BCUT2D eigenvalue weighted by molar-refractivity contribution is 7.89. The number of aromatic nitrogens is 1. The van der Waals surface area contributed by atoms with Gasteiger partial charge in [0.1, 0.15) is 0 Å². The minimum atomic E-state index is -3.84. The van der Waals surface area contributed by atoms with Gasteiger partial charge in [0.15, 0.2) is 0 Å². The monoisotopic (exact) mass is 513 g/mol. The Bertz CT molecular complexity index is 1340. The topological polar surface area (TPSA) is 85.8 Å². The largest absolute Gasteiger partial charge is 0.272 e. The van der Waals surface area contributed by atoms with Gasteiger partial charge in [-0.1, -0.05) is 30.2 Å². The van der Waals surface area contributed by atoms with E-state index >= 15 is 0 Å². The van der Waals surface area contributed by atoms with Crippen molar-refractivity contribution in [3.8, 4) is 0 Å². The number of rotatable bonds is 5. The molecule has 2 aromatic carbocycles. The summed E-state index contributed by atoms with van der Waals surface area (Å²) >= 11 is 6.05. The lowest BCUT2D eigenvalue weighted by molar-refractivity contribution is -0.152. The molecule has 0 aliphatic carbocycles. The summed E-state index contributed by atoms with van der Waals surface area (Å²) in [5, 5.41) is 5.90. The molecule has 10 heteroatoms. The van der Waals surface area contributed by atoms with Gasteiger partial charge in [0.2, 0.25) is 10.0 Å². The number of pyridine rings is 1. The van der Waals surface area contributed by atoms with Crippen LogP contribution in [0.25, 0.3) is 10.8 Å². The minimum Gasteiger partial charge on any atom is -0.272 e. The van der Waals surface area contributed by atoms with Crippen LogP contribution in [0.2, 0.25) is 5.02 Å². The van der Waals surface area contributed by atoms with E-state index in [4.69, 9.17) is 11.6 Å². The maximum absolute atomic E-state index is 13.4. The first-order valence-electron chi connectivity index (χ1n) is 11.8. The van der Waals surface area contributed by atoms with Crippen LogP contribution in [0.5, 0.6) is 0 Å². The number of carbonyl (C=O) groups is 1. The van der Waals surface area contributed by atoms with Crippen LogP contribution in [0.3, 0.4) is 0 Å².